The fourth-order valence-corrected chi connectivity index (χ4v) is 4.12. The first-order valence-corrected chi connectivity index (χ1v) is 8.58. The Kier molecular flexibility index (Phi) is 4.42. The first-order valence-electron chi connectivity index (χ1n) is 6.22. The van der Waals surface area contributed by atoms with E-state index in [0.717, 1.165) is 10.6 Å². The quantitative estimate of drug-likeness (QED) is 0.831. The molecule has 1 heterocycles. The second-order valence-electron chi connectivity index (χ2n) is 4.49. The van der Waals surface area contributed by atoms with E-state index in [0.29, 0.717) is 6.42 Å². The molecule has 0 radical (unpaired) electrons. The summed E-state index contributed by atoms with van der Waals surface area (Å²) < 4.78 is 27.5. The van der Waals surface area contributed by atoms with E-state index in [1.54, 1.807) is 18.3 Å². The summed E-state index contributed by atoms with van der Waals surface area (Å²) in [6.07, 6.45) is 2.29. The molecular formula is C13H17N3O2S2. The zero-order valence-electron chi connectivity index (χ0n) is 11.3. The van der Waals surface area contributed by atoms with Gasteiger partial charge in [0, 0.05) is 11.6 Å². The molecule has 0 aliphatic rings. The molecule has 2 rings (SSSR count). The van der Waals surface area contributed by atoms with Crippen LogP contribution < -0.4 is 10.5 Å². The van der Waals surface area contributed by atoms with Crippen LogP contribution in [0, 0.1) is 6.92 Å². The van der Waals surface area contributed by atoms with Gasteiger partial charge >= 0.3 is 0 Å². The number of rotatable bonds is 5. The van der Waals surface area contributed by atoms with Crippen molar-refractivity contribution in [2.45, 2.75) is 31.2 Å². The number of sulfonamides is 1. The second kappa shape index (κ2) is 5.90. The van der Waals surface area contributed by atoms with Crippen LogP contribution in [0.2, 0.25) is 0 Å². The molecule has 5 nitrogen and oxygen atoms in total. The van der Waals surface area contributed by atoms with E-state index in [2.05, 4.69) is 9.71 Å². The van der Waals surface area contributed by atoms with Gasteiger partial charge in [-0.15, -0.1) is 11.3 Å². The maximum Gasteiger partial charge on any atom is 0.243 e. The lowest BCUT2D eigenvalue weighted by molar-refractivity contribution is 0.549. The summed E-state index contributed by atoms with van der Waals surface area (Å²) in [4.78, 5) is 4.27. The molecule has 1 aromatic carbocycles. The Morgan fingerprint density at radius 1 is 1.45 bits per heavy atom. The van der Waals surface area contributed by atoms with Crippen molar-refractivity contribution < 1.29 is 8.42 Å². The number of nitrogens with zero attached hydrogens (tertiary/aromatic N) is 1. The monoisotopic (exact) mass is 311 g/mol. The highest BCUT2D eigenvalue weighted by molar-refractivity contribution is 7.89. The molecule has 7 heteroatoms. The summed E-state index contributed by atoms with van der Waals surface area (Å²) in [5.74, 6) is 0. The molecule has 1 aromatic heterocycles. The average molecular weight is 311 g/mol. The predicted molar refractivity (Wildman–Crippen MR) is 81.1 cm³/mol. The van der Waals surface area contributed by atoms with Gasteiger partial charge < -0.3 is 5.73 Å². The smallest absolute Gasteiger partial charge is 0.243 e. The van der Waals surface area contributed by atoms with Gasteiger partial charge in [-0.3, -0.25) is 0 Å². The highest BCUT2D eigenvalue weighted by atomic mass is 32.2. The van der Waals surface area contributed by atoms with E-state index in [-0.39, 0.29) is 16.6 Å². The number of hydrogen-bond donors (Lipinski definition) is 2. The van der Waals surface area contributed by atoms with Gasteiger partial charge in [-0.1, -0.05) is 13.0 Å². The molecule has 0 aliphatic carbocycles. The average Bonchev–Trinajstić information content (AvgIpc) is 2.89. The van der Waals surface area contributed by atoms with Gasteiger partial charge in [-0.05, 0) is 31.0 Å². The topological polar surface area (TPSA) is 85.1 Å². The maximum atomic E-state index is 12.4. The van der Waals surface area contributed by atoms with Gasteiger partial charge in [0.05, 0.1) is 11.7 Å². The Morgan fingerprint density at radius 3 is 2.75 bits per heavy atom. The van der Waals surface area contributed by atoms with Crippen molar-refractivity contribution in [1.82, 2.24) is 9.71 Å². The number of benzene rings is 1. The van der Waals surface area contributed by atoms with Crippen LogP contribution in [-0.2, 0) is 10.0 Å². The standard InChI is InChI=1S/C13H17N3O2S2/c1-3-11(13-15-6-7-19-13)16-20(17,18)12-5-4-9(2)8-10(12)14/h4-8,11,16H,3,14H2,1-2H3. The van der Waals surface area contributed by atoms with Gasteiger partial charge in [0.25, 0.3) is 0 Å². The molecule has 0 amide bonds. The normalized spacial score (nSPS) is 13.3. The summed E-state index contributed by atoms with van der Waals surface area (Å²) >= 11 is 1.43. The molecule has 0 saturated carbocycles. The molecule has 0 aliphatic heterocycles. The summed E-state index contributed by atoms with van der Waals surface area (Å²) in [5, 5.41) is 2.58. The number of aryl methyl sites for hydroxylation is 1. The Balaban J connectivity index is 2.31. The van der Waals surface area contributed by atoms with Crippen molar-refractivity contribution in [2.24, 2.45) is 0 Å². The Labute approximate surface area is 122 Å². The van der Waals surface area contributed by atoms with Crippen LogP contribution in [0.5, 0.6) is 0 Å². The van der Waals surface area contributed by atoms with Crippen molar-refractivity contribution >= 4 is 27.0 Å². The van der Waals surface area contributed by atoms with Gasteiger partial charge in [-0.2, -0.15) is 0 Å². The number of nitrogens with two attached hydrogens (primary N) is 1. The van der Waals surface area contributed by atoms with E-state index in [4.69, 9.17) is 5.73 Å². The zero-order chi connectivity index (χ0) is 14.8. The van der Waals surface area contributed by atoms with Gasteiger partial charge in [0.1, 0.15) is 9.90 Å². The lowest BCUT2D eigenvalue weighted by atomic mass is 10.2. The second-order valence-corrected chi connectivity index (χ2v) is 7.10. The Bertz CT molecular complexity index is 682. The molecule has 108 valence electrons. The van der Waals surface area contributed by atoms with Gasteiger partial charge in [0.15, 0.2) is 0 Å². The molecule has 2 aromatic rings. The van der Waals surface area contributed by atoms with E-state index < -0.39 is 10.0 Å². The van der Waals surface area contributed by atoms with Crippen molar-refractivity contribution in [2.75, 3.05) is 5.73 Å². The fourth-order valence-electron chi connectivity index (χ4n) is 1.88. The maximum absolute atomic E-state index is 12.4. The minimum atomic E-state index is -3.65. The molecule has 1 atom stereocenters. The van der Waals surface area contributed by atoms with Crippen molar-refractivity contribution in [3.05, 3.63) is 40.3 Å². The molecule has 20 heavy (non-hydrogen) atoms. The van der Waals surface area contributed by atoms with E-state index in [1.165, 1.54) is 17.4 Å². The van der Waals surface area contributed by atoms with Gasteiger partial charge in [0.2, 0.25) is 10.0 Å². The Hall–Kier alpha value is -1.44. The summed E-state index contributed by atoms with van der Waals surface area (Å²) in [6.45, 7) is 3.78. The third kappa shape index (κ3) is 3.17. The van der Waals surface area contributed by atoms with Crippen LogP contribution in [-0.4, -0.2) is 13.4 Å². The number of aromatic nitrogens is 1. The molecular weight excluding hydrogens is 294 g/mol. The molecule has 0 spiro atoms. The number of nitrogens with one attached hydrogen (secondary N) is 1. The zero-order valence-corrected chi connectivity index (χ0v) is 13.0. The van der Waals surface area contributed by atoms with Crippen molar-refractivity contribution in [3.8, 4) is 0 Å². The first-order chi connectivity index (χ1) is 9.44. The number of thiazole rings is 1. The van der Waals surface area contributed by atoms with Crippen LogP contribution in [0.1, 0.15) is 30.0 Å². The number of anilines is 1. The van der Waals surface area contributed by atoms with E-state index in [9.17, 15) is 8.42 Å². The van der Waals surface area contributed by atoms with Crippen LogP contribution in [0.25, 0.3) is 0 Å². The lowest BCUT2D eigenvalue weighted by Gasteiger charge is -2.16. The van der Waals surface area contributed by atoms with Crippen LogP contribution in [0.3, 0.4) is 0 Å². The Morgan fingerprint density at radius 2 is 2.20 bits per heavy atom. The molecule has 0 saturated heterocycles. The van der Waals surface area contributed by atoms with Crippen LogP contribution >= 0.6 is 11.3 Å². The molecule has 1 unspecified atom stereocenters. The van der Waals surface area contributed by atoms with Crippen LogP contribution in [0.15, 0.2) is 34.7 Å². The van der Waals surface area contributed by atoms with Gasteiger partial charge in [-0.25, -0.2) is 18.1 Å². The highest BCUT2D eigenvalue weighted by Crippen LogP contribution is 2.24. The lowest BCUT2D eigenvalue weighted by Crippen LogP contribution is -2.28. The third-order valence-corrected chi connectivity index (χ3v) is 5.34. The summed E-state index contributed by atoms with van der Waals surface area (Å²) in [6, 6.07) is 4.58. The van der Waals surface area contributed by atoms with E-state index >= 15 is 0 Å². The number of nitrogen functional groups attached to an aromatic ring is 1. The fraction of sp³-hybridized carbons (Fsp3) is 0.308. The first kappa shape index (κ1) is 15.0. The largest absolute Gasteiger partial charge is 0.398 e. The third-order valence-electron chi connectivity index (χ3n) is 2.91. The SMILES string of the molecule is CCC(NS(=O)(=O)c1ccc(C)cc1N)c1nccs1. The van der Waals surface area contributed by atoms with Crippen molar-refractivity contribution in [1.29, 1.82) is 0 Å². The minimum Gasteiger partial charge on any atom is -0.398 e. The summed E-state index contributed by atoms with van der Waals surface area (Å²) in [5.41, 5.74) is 6.99. The molecule has 3 N–H and O–H groups in total. The van der Waals surface area contributed by atoms with E-state index in [1.807, 2.05) is 19.2 Å². The predicted octanol–water partition coefficient (Wildman–Crippen LogP) is 2.46. The van der Waals surface area contributed by atoms with Crippen LogP contribution in [0.4, 0.5) is 5.69 Å². The molecule has 0 fully saturated rings. The van der Waals surface area contributed by atoms with Crippen molar-refractivity contribution in [3.63, 3.8) is 0 Å². The summed E-state index contributed by atoms with van der Waals surface area (Å²) in [7, 11) is -3.65. The molecule has 0 bridgehead atoms. The minimum absolute atomic E-state index is 0.109. The highest BCUT2D eigenvalue weighted by Gasteiger charge is 2.23. The number of hydrogen-bond acceptors (Lipinski definition) is 5.